The molecule has 10 heteroatoms. The molecule has 5 aromatic carbocycles. The Morgan fingerprint density at radius 1 is 0.768 bits per heavy atom. The van der Waals surface area contributed by atoms with E-state index in [4.69, 9.17) is 9.16 Å². The minimum atomic E-state index is -3.21. The molecule has 1 fully saturated rings. The van der Waals surface area contributed by atoms with E-state index >= 15 is 0 Å². The molecule has 5 aromatic rings. The van der Waals surface area contributed by atoms with E-state index in [1.54, 1.807) is 36.4 Å². The fraction of sp³-hybridized carbons (Fsp3) is 0.196. The number of nitrogens with one attached hydrogen (secondary N) is 1. The summed E-state index contributed by atoms with van der Waals surface area (Å²) in [5.41, 5.74) is 1.44. The summed E-state index contributed by atoms with van der Waals surface area (Å²) in [6, 6.07) is 44.1. The summed E-state index contributed by atoms with van der Waals surface area (Å²) in [6.45, 7) is 8.52. The van der Waals surface area contributed by atoms with Gasteiger partial charge in [0.05, 0.1) is 18.1 Å². The standard InChI is InChI=1S/C46H47N2O6PSi/c1-6-30-53-46(52)45(55(37-24-13-8-14-25-37,38-26-15-9-16-27-38)39-28-17-10-18-29-39)48-40(42(44(48)51)33(2)54-56(3,4)5)32-41(49)34-20-19-21-35(31-34)43(50)47-36-22-11-7-12-23-36/h6-29,31,33,40,42H,1,30,32H2,2-5H3,(H,47,50)/t33-,40-,42-/m1/s1. The zero-order chi connectivity index (χ0) is 39.9. The molecule has 3 atom stereocenters. The van der Waals surface area contributed by atoms with Crippen molar-refractivity contribution in [2.24, 2.45) is 5.92 Å². The smallest absolute Gasteiger partial charge is 0.356 e. The maximum atomic E-state index is 15.0. The minimum absolute atomic E-state index is 0.0806. The first-order valence-electron chi connectivity index (χ1n) is 18.7. The molecule has 0 radical (unpaired) electrons. The molecule has 0 aliphatic carbocycles. The van der Waals surface area contributed by atoms with Crippen molar-refractivity contribution in [3.63, 3.8) is 0 Å². The van der Waals surface area contributed by atoms with Crippen LogP contribution in [0.5, 0.6) is 0 Å². The van der Waals surface area contributed by atoms with E-state index in [0.29, 0.717) is 16.8 Å². The molecule has 286 valence electrons. The number of hydrogen-bond acceptors (Lipinski definition) is 6. The first kappa shape index (κ1) is 40.1. The molecule has 56 heavy (non-hydrogen) atoms. The highest BCUT2D eigenvalue weighted by Gasteiger charge is 2.56. The molecule has 1 saturated heterocycles. The lowest BCUT2D eigenvalue weighted by atomic mass is 9.79. The monoisotopic (exact) mass is 782 g/mol. The van der Waals surface area contributed by atoms with Crippen LogP contribution in [-0.2, 0) is 18.8 Å². The van der Waals surface area contributed by atoms with Crippen LogP contribution in [0.4, 0.5) is 5.69 Å². The van der Waals surface area contributed by atoms with Gasteiger partial charge in [-0.05, 0) is 66.7 Å². The van der Waals surface area contributed by atoms with Gasteiger partial charge in [0.15, 0.2) is 14.1 Å². The number of para-hydroxylation sites is 1. The molecule has 0 unspecified atom stereocenters. The van der Waals surface area contributed by atoms with Crippen LogP contribution in [0, 0.1) is 5.92 Å². The Bertz CT molecular complexity index is 2160. The zero-order valence-electron chi connectivity index (χ0n) is 32.1. The Labute approximate surface area is 330 Å². The first-order valence-corrected chi connectivity index (χ1v) is 23.9. The largest absolute Gasteiger partial charge is 0.457 e. The molecule has 2 amide bonds. The molecule has 1 aliphatic heterocycles. The normalized spacial score (nSPS) is 15.9. The van der Waals surface area contributed by atoms with Crippen molar-refractivity contribution in [2.75, 3.05) is 11.9 Å². The van der Waals surface area contributed by atoms with E-state index < -0.39 is 39.2 Å². The van der Waals surface area contributed by atoms with E-state index in [9.17, 15) is 19.2 Å². The number of carbonyl (C=O) groups is 4. The summed E-state index contributed by atoms with van der Waals surface area (Å²) in [7, 11) is -2.17. The molecule has 0 aromatic heterocycles. The molecule has 8 nitrogen and oxygen atoms in total. The van der Waals surface area contributed by atoms with Crippen molar-refractivity contribution in [2.45, 2.75) is 45.1 Å². The number of carbonyl (C=O) groups excluding carboxylic acids is 4. The van der Waals surface area contributed by atoms with Gasteiger partial charge in [-0.25, -0.2) is 4.79 Å². The van der Waals surface area contributed by atoms with Crippen LogP contribution in [-0.4, -0.2) is 61.0 Å². The van der Waals surface area contributed by atoms with Gasteiger partial charge in [-0.3, -0.25) is 14.4 Å². The van der Waals surface area contributed by atoms with Gasteiger partial charge < -0.3 is 19.4 Å². The predicted octanol–water partition coefficient (Wildman–Crippen LogP) is 7.43. The van der Waals surface area contributed by atoms with Crippen LogP contribution in [0.1, 0.15) is 34.1 Å². The molecule has 1 heterocycles. The average molecular weight is 783 g/mol. The molecule has 0 spiro atoms. The number of benzene rings is 5. The van der Waals surface area contributed by atoms with Crippen molar-refractivity contribution in [1.82, 2.24) is 4.90 Å². The molecule has 0 bridgehead atoms. The quantitative estimate of drug-likeness (QED) is 0.0296. The number of amides is 2. The number of likely N-dealkylation sites (tertiary alicyclic amines) is 1. The fourth-order valence-electron chi connectivity index (χ4n) is 7.42. The Morgan fingerprint density at radius 3 is 1.77 bits per heavy atom. The second kappa shape index (κ2) is 17.5. The molecule has 0 saturated carbocycles. The summed E-state index contributed by atoms with van der Waals surface area (Å²) in [5, 5.41) is 5.40. The highest BCUT2D eigenvalue weighted by Crippen LogP contribution is 2.50. The minimum Gasteiger partial charge on any atom is -0.457 e. The Morgan fingerprint density at radius 2 is 1.27 bits per heavy atom. The van der Waals surface area contributed by atoms with Gasteiger partial charge in [0, 0.05) is 30.1 Å². The number of ketones is 1. The summed E-state index contributed by atoms with van der Waals surface area (Å²) >= 11 is 0. The molecular weight excluding hydrogens is 736 g/mol. The number of anilines is 1. The van der Waals surface area contributed by atoms with Crippen LogP contribution in [0.3, 0.4) is 0 Å². The van der Waals surface area contributed by atoms with Gasteiger partial charge in [0.1, 0.15) is 12.0 Å². The second-order valence-corrected chi connectivity index (χ2v) is 22.4. The molecule has 1 aliphatic rings. The topological polar surface area (TPSA) is 102 Å². The number of esters is 1. The van der Waals surface area contributed by atoms with E-state index in [1.165, 1.54) is 11.0 Å². The number of nitrogens with zero attached hydrogens (tertiary/aromatic N) is 1. The number of rotatable bonds is 15. The van der Waals surface area contributed by atoms with Crippen molar-refractivity contribution < 1.29 is 28.3 Å². The van der Waals surface area contributed by atoms with Gasteiger partial charge in [-0.2, -0.15) is 0 Å². The average Bonchev–Trinajstić information content (AvgIpc) is 3.20. The summed E-state index contributed by atoms with van der Waals surface area (Å²) in [5.74, 6) is -2.36. The highest BCUT2D eigenvalue weighted by atomic mass is 31.2. The number of ether oxygens (including phenoxy) is 1. The number of hydrogen-bond donors (Lipinski definition) is 1. The lowest BCUT2D eigenvalue weighted by Crippen LogP contribution is -2.69. The Hall–Kier alpha value is -5.60. The van der Waals surface area contributed by atoms with Crippen molar-refractivity contribution in [3.05, 3.63) is 169 Å². The van der Waals surface area contributed by atoms with Crippen molar-refractivity contribution in [1.29, 1.82) is 0 Å². The van der Waals surface area contributed by atoms with Gasteiger partial charge in [-0.15, -0.1) is 0 Å². The van der Waals surface area contributed by atoms with Crippen LogP contribution in [0.2, 0.25) is 19.6 Å². The van der Waals surface area contributed by atoms with Crippen LogP contribution >= 0.6 is 6.89 Å². The SMILES string of the molecule is C=CCOC(=O)C(N1C(=O)[C@H]([C@@H](C)O[Si](C)(C)C)[C@H]1CC(=O)c1cccc(C(=O)Nc2ccccc2)c1)=P(c1ccccc1)(c1ccccc1)c1ccccc1. The lowest BCUT2D eigenvalue weighted by Gasteiger charge is -2.52. The van der Waals surface area contributed by atoms with E-state index in [1.807, 2.05) is 116 Å². The third-order valence-corrected chi connectivity index (χ3v) is 15.0. The number of β-lactam (4-membered cyclic amide) rings is 1. The van der Waals surface area contributed by atoms with Crippen molar-refractivity contribution >= 4 is 65.8 Å². The van der Waals surface area contributed by atoms with E-state index in [0.717, 1.165) is 15.9 Å². The molecule has 6 rings (SSSR count). The zero-order valence-corrected chi connectivity index (χ0v) is 34.0. The predicted molar refractivity (Wildman–Crippen MR) is 229 cm³/mol. The summed E-state index contributed by atoms with van der Waals surface area (Å²) in [6.07, 6.45) is 0.820. The second-order valence-electron chi connectivity index (χ2n) is 14.7. The van der Waals surface area contributed by atoms with E-state index in [2.05, 4.69) is 31.5 Å². The third-order valence-electron chi connectivity index (χ3n) is 9.68. The number of Topliss-reactive ketones (excluding diaryl/α,β-unsaturated/α-hetero) is 1. The van der Waals surface area contributed by atoms with Gasteiger partial charge >= 0.3 is 5.97 Å². The molecule has 1 N–H and O–H groups in total. The van der Waals surface area contributed by atoms with Crippen LogP contribution in [0.25, 0.3) is 0 Å². The molecular formula is C46H47N2O6PSi. The first-order chi connectivity index (χ1) is 27.0. The summed E-state index contributed by atoms with van der Waals surface area (Å²) < 4.78 is 12.4. The van der Waals surface area contributed by atoms with Gasteiger partial charge in [0.2, 0.25) is 5.91 Å². The highest BCUT2D eigenvalue weighted by molar-refractivity contribution is 7.96. The Kier molecular flexibility index (Phi) is 12.5. The van der Waals surface area contributed by atoms with Crippen LogP contribution in [0.15, 0.2) is 158 Å². The van der Waals surface area contributed by atoms with Gasteiger partial charge in [0.25, 0.3) is 5.91 Å². The fourth-order valence-corrected chi connectivity index (χ4v) is 13.1. The van der Waals surface area contributed by atoms with Gasteiger partial charge in [-0.1, -0.05) is 134 Å². The van der Waals surface area contributed by atoms with Crippen LogP contribution < -0.4 is 21.2 Å². The maximum absolute atomic E-state index is 15.0. The summed E-state index contributed by atoms with van der Waals surface area (Å²) in [4.78, 5) is 59.1. The van der Waals surface area contributed by atoms with Crippen molar-refractivity contribution in [3.8, 4) is 0 Å². The third kappa shape index (κ3) is 8.46. The Balaban J connectivity index is 1.55. The van der Waals surface area contributed by atoms with E-state index in [-0.39, 0.29) is 36.0 Å². The maximum Gasteiger partial charge on any atom is 0.356 e. The lowest BCUT2D eigenvalue weighted by molar-refractivity contribution is -0.156.